The second kappa shape index (κ2) is 19.5. The minimum Gasteiger partial charge on any atom is -0.466 e. The SMILES string of the molecule is CCCCCCCCCC(=O)CCCCCCCC(=O)OCCCC. The number of unbranched alkanes of at least 4 members (excludes halogenated alkanes) is 11. The van der Waals surface area contributed by atoms with Crippen molar-refractivity contribution in [2.75, 3.05) is 6.61 Å². The Hall–Kier alpha value is -0.860. The summed E-state index contributed by atoms with van der Waals surface area (Å²) in [5, 5.41) is 0. The van der Waals surface area contributed by atoms with Gasteiger partial charge in [-0.1, -0.05) is 78.1 Å². The molecule has 0 atom stereocenters. The molecule has 0 fully saturated rings. The standard InChI is InChI=1S/C22H42O3/c1-3-5-7-8-9-11-14-17-21(23)18-15-12-10-13-16-19-22(24)25-20-6-4-2/h3-20H2,1-2H3. The van der Waals surface area contributed by atoms with Crippen LogP contribution >= 0.6 is 0 Å². The Morgan fingerprint density at radius 1 is 0.560 bits per heavy atom. The van der Waals surface area contributed by atoms with Gasteiger partial charge in [0, 0.05) is 19.3 Å². The van der Waals surface area contributed by atoms with Crippen molar-refractivity contribution < 1.29 is 14.3 Å². The van der Waals surface area contributed by atoms with Crippen LogP contribution in [-0.4, -0.2) is 18.4 Å². The van der Waals surface area contributed by atoms with Gasteiger partial charge >= 0.3 is 5.97 Å². The fraction of sp³-hybridized carbons (Fsp3) is 0.909. The molecule has 3 heteroatoms. The first kappa shape index (κ1) is 24.1. The molecular formula is C22H42O3. The van der Waals surface area contributed by atoms with Gasteiger partial charge in [-0.3, -0.25) is 9.59 Å². The van der Waals surface area contributed by atoms with Crippen LogP contribution < -0.4 is 0 Å². The molecular weight excluding hydrogens is 312 g/mol. The van der Waals surface area contributed by atoms with Crippen molar-refractivity contribution >= 4 is 11.8 Å². The van der Waals surface area contributed by atoms with Crippen molar-refractivity contribution in [2.24, 2.45) is 0 Å². The lowest BCUT2D eigenvalue weighted by Crippen LogP contribution is -2.05. The average Bonchev–Trinajstić information content (AvgIpc) is 2.60. The first-order valence-electron chi connectivity index (χ1n) is 10.9. The molecule has 0 aromatic rings. The molecule has 0 aromatic carbocycles. The maximum absolute atomic E-state index is 11.8. The van der Waals surface area contributed by atoms with Crippen molar-refractivity contribution in [3.05, 3.63) is 0 Å². The Balaban J connectivity index is 3.25. The average molecular weight is 355 g/mol. The van der Waals surface area contributed by atoms with Gasteiger partial charge in [0.2, 0.25) is 0 Å². The molecule has 0 heterocycles. The lowest BCUT2D eigenvalue weighted by atomic mass is 10.0. The number of carbonyl (C=O) groups excluding carboxylic acids is 2. The molecule has 0 bridgehead atoms. The number of rotatable bonds is 19. The van der Waals surface area contributed by atoms with Crippen molar-refractivity contribution in [2.45, 2.75) is 123 Å². The third-order valence-corrected chi connectivity index (χ3v) is 4.66. The van der Waals surface area contributed by atoms with Crippen LogP contribution in [0.2, 0.25) is 0 Å². The predicted octanol–water partition coefficient (Wildman–Crippen LogP) is 6.77. The fourth-order valence-electron chi connectivity index (χ4n) is 2.93. The highest BCUT2D eigenvalue weighted by Gasteiger charge is 2.04. The maximum Gasteiger partial charge on any atom is 0.305 e. The highest BCUT2D eigenvalue weighted by molar-refractivity contribution is 5.78. The Morgan fingerprint density at radius 2 is 1.00 bits per heavy atom. The van der Waals surface area contributed by atoms with E-state index >= 15 is 0 Å². The van der Waals surface area contributed by atoms with E-state index in [9.17, 15) is 9.59 Å². The van der Waals surface area contributed by atoms with E-state index in [2.05, 4.69) is 13.8 Å². The third-order valence-electron chi connectivity index (χ3n) is 4.66. The van der Waals surface area contributed by atoms with Crippen molar-refractivity contribution in [1.29, 1.82) is 0 Å². The number of hydrogen-bond acceptors (Lipinski definition) is 3. The molecule has 0 radical (unpaired) electrons. The molecule has 0 aliphatic rings. The topological polar surface area (TPSA) is 43.4 Å². The third kappa shape index (κ3) is 19.3. The Bertz CT molecular complexity index is 312. The summed E-state index contributed by atoms with van der Waals surface area (Å²) in [5.74, 6) is 0.381. The summed E-state index contributed by atoms with van der Waals surface area (Å²) in [6.07, 6.45) is 18.2. The molecule has 25 heavy (non-hydrogen) atoms. The second-order valence-corrected chi connectivity index (χ2v) is 7.25. The Labute approximate surface area is 156 Å². The number of hydrogen-bond donors (Lipinski definition) is 0. The first-order chi connectivity index (χ1) is 12.2. The van der Waals surface area contributed by atoms with E-state index in [1.54, 1.807) is 0 Å². The normalized spacial score (nSPS) is 10.8. The zero-order chi connectivity index (χ0) is 18.6. The van der Waals surface area contributed by atoms with Gasteiger partial charge in [-0.25, -0.2) is 0 Å². The molecule has 0 aromatic heterocycles. The Kier molecular flexibility index (Phi) is 18.8. The summed E-state index contributed by atoms with van der Waals surface area (Å²) in [4.78, 5) is 23.2. The van der Waals surface area contributed by atoms with E-state index in [0.717, 1.165) is 64.2 Å². The summed E-state index contributed by atoms with van der Waals surface area (Å²) in [7, 11) is 0. The highest BCUT2D eigenvalue weighted by atomic mass is 16.5. The number of carbonyl (C=O) groups is 2. The molecule has 0 saturated heterocycles. The molecule has 0 N–H and O–H groups in total. The van der Waals surface area contributed by atoms with Gasteiger partial charge in [0.05, 0.1) is 6.61 Å². The molecule has 3 nitrogen and oxygen atoms in total. The number of ether oxygens (including phenoxy) is 1. The lowest BCUT2D eigenvalue weighted by Gasteiger charge is -2.04. The van der Waals surface area contributed by atoms with Gasteiger partial charge in [0.15, 0.2) is 0 Å². The van der Waals surface area contributed by atoms with Crippen molar-refractivity contribution in [3.63, 3.8) is 0 Å². The van der Waals surface area contributed by atoms with Crippen molar-refractivity contribution in [3.8, 4) is 0 Å². The van der Waals surface area contributed by atoms with E-state index in [4.69, 9.17) is 4.74 Å². The zero-order valence-corrected chi connectivity index (χ0v) is 17.0. The van der Waals surface area contributed by atoms with E-state index in [-0.39, 0.29) is 5.97 Å². The van der Waals surface area contributed by atoms with Crippen LogP contribution in [0.1, 0.15) is 123 Å². The summed E-state index contributed by atoms with van der Waals surface area (Å²) in [6, 6.07) is 0. The van der Waals surface area contributed by atoms with E-state index < -0.39 is 0 Å². The molecule has 148 valence electrons. The van der Waals surface area contributed by atoms with Crippen LogP contribution in [0.15, 0.2) is 0 Å². The van der Waals surface area contributed by atoms with Gasteiger partial charge in [0.1, 0.15) is 5.78 Å². The van der Waals surface area contributed by atoms with Gasteiger partial charge in [-0.05, 0) is 25.7 Å². The lowest BCUT2D eigenvalue weighted by molar-refractivity contribution is -0.143. The van der Waals surface area contributed by atoms with Crippen LogP contribution in [0, 0.1) is 0 Å². The number of Topliss-reactive ketones (excluding diaryl/α,β-unsaturated/α-hetero) is 1. The van der Waals surface area contributed by atoms with E-state index in [1.807, 2.05) is 0 Å². The molecule has 0 unspecified atom stereocenters. The van der Waals surface area contributed by atoms with E-state index in [1.165, 1.54) is 38.5 Å². The predicted molar refractivity (Wildman–Crippen MR) is 106 cm³/mol. The van der Waals surface area contributed by atoms with Crippen LogP contribution in [0.3, 0.4) is 0 Å². The highest BCUT2D eigenvalue weighted by Crippen LogP contribution is 2.12. The molecule has 0 rings (SSSR count). The Morgan fingerprint density at radius 3 is 1.52 bits per heavy atom. The van der Waals surface area contributed by atoms with Crippen LogP contribution in [0.4, 0.5) is 0 Å². The van der Waals surface area contributed by atoms with Crippen LogP contribution in [0.25, 0.3) is 0 Å². The summed E-state index contributed by atoms with van der Waals surface area (Å²) in [6.45, 7) is 4.89. The van der Waals surface area contributed by atoms with Crippen molar-refractivity contribution in [1.82, 2.24) is 0 Å². The summed E-state index contributed by atoms with van der Waals surface area (Å²) >= 11 is 0. The quantitative estimate of drug-likeness (QED) is 0.190. The van der Waals surface area contributed by atoms with Gasteiger partial charge < -0.3 is 4.74 Å². The zero-order valence-electron chi connectivity index (χ0n) is 17.0. The van der Waals surface area contributed by atoms with Gasteiger partial charge in [-0.2, -0.15) is 0 Å². The molecule has 0 saturated carbocycles. The minimum atomic E-state index is -0.0571. The molecule has 0 aliphatic heterocycles. The smallest absolute Gasteiger partial charge is 0.305 e. The van der Waals surface area contributed by atoms with Crippen LogP contribution in [-0.2, 0) is 14.3 Å². The number of esters is 1. The van der Waals surface area contributed by atoms with Gasteiger partial charge in [-0.15, -0.1) is 0 Å². The maximum atomic E-state index is 11.8. The largest absolute Gasteiger partial charge is 0.466 e. The molecule has 0 amide bonds. The minimum absolute atomic E-state index is 0.0571. The molecule has 0 aliphatic carbocycles. The summed E-state index contributed by atoms with van der Waals surface area (Å²) in [5.41, 5.74) is 0. The number of ketones is 1. The monoisotopic (exact) mass is 354 g/mol. The second-order valence-electron chi connectivity index (χ2n) is 7.25. The molecule has 0 spiro atoms. The summed E-state index contributed by atoms with van der Waals surface area (Å²) < 4.78 is 5.13. The fourth-order valence-corrected chi connectivity index (χ4v) is 2.93. The van der Waals surface area contributed by atoms with E-state index in [0.29, 0.717) is 18.8 Å². The van der Waals surface area contributed by atoms with Gasteiger partial charge in [0.25, 0.3) is 0 Å². The van der Waals surface area contributed by atoms with Crippen LogP contribution in [0.5, 0.6) is 0 Å². The first-order valence-corrected chi connectivity index (χ1v) is 10.9.